The summed E-state index contributed by atoms with van der Waals surface area (Å²) in [7, 11) is -3.81. The Morgan fingerprint density at radius 1 is 1.50 bits per heavy atom. The average Bonchev–Trinajstić information content (AvgIpc) is 2.97. The molecular weight excluding hydrogens is 255 g/mol. The number of benzene rings is 1. The lowest BCUT2D eigenvalue weighted by Gasteiger charge is -2.09. The number of nitrogen functional groups attached to an aromatic ring is 1. The van der Waals surface area contributed by atoms with Gasteiger partial charge >= 0.3 is 0 Å². The van der Waals surface area contributed by atoms with Crippen LogP contribution in [0.1, 0.15) is 18.9 Å². The Bertz CT molecular complexity index is 572. The Morgan fingerprint density at radius 2 is 2.11 bits per heavy atom. The van der Waals surface area contributed by atoms with E-state index in [-0.39, 0.29) is 10.6 Å². The summed E-state index contributed by atoms with van der Waals surface area (Å²) in [4.78, 5) is -0.376. The molecule has 1 aliphatic carbocycles. The van der Waals surface area contributed by atoms with Gasteiger partial charge in [-0.05, 0) is 42.9 Å². The largest absolute Gasteiger partial charge is 0.398 e. The van der Waals surface area contributed by atoms with Gasteiger partial charge in [0.2, 0.25) is 10.0 Å². The molecule has 0 aromatic heterocycles. The smallest absolute Gasteiger partial charge is 0.243 e. The first-order valence-electron chi connectivity index (χ1n) is 5.86. The third kappa shape index (κ3) is 2.64. The molecule has 0 heterocycles. The predicted octanol–water partition coefficient (Wildman–Crippen LogP) is 1.65. The van der Waals surface area contributed by atoms with E-state index in [1.165, 1.54) is 6.07 Å². The number of aryl methyl sites for hydroxylation is 1. The normalized spacial score (nSPS) is 23.1. The second kappa shape index (κ2) is 4.51. The Balaban J connectivity index is 2.21. The number of halogens is 1. The van der Waals surface area contributed by atoms with Crippen LogP contribution < -0.4 is 10.5 Å². The van der Waals surface area contributed by atoms with Gasteiger partial charge in [-0.1, -0.05) is 6.92 Å². The molecule has 0 amide bonds. The summed E-state index contributed by atoms with van der Waals surface area (Å²) in [6, 6.07) is 2.31. The van der Waals surface area contributed by atoms with Crippen LogP contribution in [0.2, 0.25) is 0 Å². The van der Waals surface area contributed by atoms with Gasteiger partial charge < -0.3 is 5.73 Å². The fourth-order valence-electron chi connectivity index (χ4n) is 1.85. The minimum Gasteiger partial charge on any atom is -0.398 e. The highest BCUT2D eigenvalue weighted by Gasteiger charge is 2.33. The van der Waals surface area contributed by atoms with Crippen molar-refractivity contribution in [3.63, 3.8) is 0 Å². The molecule has 2 rings (SSSR count). The molecule has 3 N–H and O–H groups in total. The quantitative estimate of drug-likeness (QED) is 0.819. The molecule has 0 saturated heterocycles. The van der Waals surface area contributed by atoms with Crippen LogP contribution in [0.3, 0.4) is 0 Å². The maximum atomic E-state index is 13.7. The highest BCUT2D eigenvalue weighted by molar-refractivity contribution is 7.89. The highest BCUT2D eigenvalue weighted by atomic mass is 32.2. The molecule has 2 atom stereocenters. The van der Waals surface area contributed by atoms with Crippen molar-refractivity contribution in [1.29, 1.82) is 0 Å². The summed E-state index contributed by atoms with van der Waals surface area (Å²) in [5.41, 5.74) is 6.42. The zero-order valence-electron chi connectivity index (χ0n) is 10.4. The number of anilines is 1. The number of hydrogen-bond acceptors (Lipinski definition) is 3. The summed E-state index contributed by atoms with van der Waals surface area (Å²) in [6.07, 6.45) is 1.01. The first-order valence-corrected chi connectivity index (χ1v) is 7.35. The SMILES string of the molecule is Cc1cc(F)c(S(=O)(=O)NCC2CC2C)cc1N. The van der Waals surface area contributed by atoms with E-state index in [4.69, 9.17) is 5.73 Å². The molecule has 1 aromatic rings. The molecule has 1 fully saturated rings. The van der Waals surface area contributed by atoms with E-state index >= 15 is 0 Å². The third-order valence-electron chi connectivity index (χ3n) is 3.42. The summed E-state index contributed by atoms with van der Waals surface area (Å²) in [5, 5.41) is 0. The van der Waals surface area contributed by atoms with Crippen molar-refractivity contribution in [2.24, 2.45) is 11.8 Å². The monoisotopic (exact) mass is 272 g/mol. The van der Waals surface area contributed by atoms with Crippen LogP contribution in [0.25, 0.3) is 0 Å². The average molecular weight is 272 g/mol. The molecule has 18 heavy (non-hydrogen) atoms. The minimum atomic E-state index is -3.81. The van der Waals surface area contributed by atoms with Gasteiger partial charge in [-0.25, -0.2) is 17.5 Å². The zero-order chi connectivity index (χ0) is 13.5. The van der Waals surface area contributed by atoms with Crippen LogP contribution in [0.4, 0.5) is 10.1 Å². The van der Waals surface area contributed by atoms with Crippen LogP contribution in [0.15, 0.2) is 17.0 Å². The molecular formula is C12H17FN2O2S. The van der Waals surface area contributed by atoms with Gasteiger partial charge in [0.25, 0.3) is 0 Å². The molecule has 100 valence electrons. The summed E-state index contributed by atoms with van der Waals surface area (Å²) in [6.45, 7) is 4.05. The fraction of sp³-hybridized carbons (Fsp3) is 0.500. The van der Waals surface area contributed by atoms with Gasteiger partial charge in [0.1, 0.15) is 10.7 Å². The van der Waals surface area contributed by atoms with Gasteiger partial charge in [-0.2, -0.15) is 0 Å². The molecule has 4 nitrogen and oxygen atoms in total. The van der Waals surface area contributed by atoms with Gasteiger partial charge in [-0.15, -0.1) is 0 Å². The number of nitrogens with two attached hydrogens (primary N) is 1. The first kappa shape index (κ1) is 13.3. The minimum absolute atomic E-state index is 0.275. The topological polar surface area (TPSA) is 72.2 Å². The molecule has 1 aliphatic rings. The van der Waals surface area contributed by atoms with Crippen molar-refractivity contribution in [2.75, 3.05) is 12.3 Å². The van der Waals surface area contributed by atoms with Crippen molar-refractivity contribution in [2.45, 2.75) is 25.2 Å². The van der Waals surface area contributed by atoms with Crippen molar-refractivity contribution < 1.29 is 12.8 Å². The van der Waals surface area contributed by atoms with Crippen LogP contribution in [-0.2, 0) is 10.0 Å². The van der Waals surface area contributed by atoms with Crippen molar-refractivity contribution >= 4 is 15.7 Å². The molecule has 0 bridgehead atoms. The lowest BCUT2D eigenvalue weighted by atomic mass is 10.2. The molecule has 0 spiro atoms. The summed E-state index contributed by atoms with van der Waals surface area (Å²) >= 11 is 0. The van der Waals surface area contributed by atoms with Crippen molar-refractivity contribution in [1.82, 2.24) is 4.72 Å². The van der Waals surface area contributed by atoms with E-state index in [1.54, 1.807) is 6.92 Å². The zero-order valence-corrected chi connectivity index (χ0v) is 11.2. The first-order chi connectivity index (χ1) is 8.31. The molecule has 0 aliphatic heterocycles. The Kier molecular flexibility index (Phi) is 3.33. The predicted molar refractivity (Wildman–Crippen MR) is 68.0 cm³/mol. The molecule has 1 saturated carbocycles. The van der Waals surface area contributed by atoms with E-state index in [0.29, 0.717) is 23.9 Å². The lowest BCUT2D eigenvalue weighted by Crippen LogP contribution is -2.27. The standard InChI is InChI=1S/C12H17FN2O2S/c1-7-3-9(7)6-15-18(16,17)12-5-11(14)8(2)4-10(12)13/h4-5,7,9,15H,3,6,14H2,1-2H3. The molecule has 6 heteroatoms. The van der Waals surface area contributed by atoms with E-state index in [1.807, 2.05) is 0 Å². The highest BCUT2D eigenvalue weighted by Crippen LogP contribution is 2.37. The van der Waals surface area contributed by atoms with E-state index in [2.05, 4.69) is 11.6 Å². The number of rotatable bonds is 4. The fourth-order valence-corrected chi connectivity index (χ4v) is 3.04. The Labute approximate surface area is 106 Å². The van der Waals surface area contributed by atoms with Crippen LogP contribution in [0.5, 0.6) is 0 Å². The number of sulfonamides is 1. The maximum Gasteiger partial charge on any atom is 0.243 e. The van der Waals surface area contributed by atoms with E-state index in [9.17, 15) is 12.8 Å². The maximum absolute atomic E-state index is 13.7. The van der Waals surface area contributed by atoms with Gasteiger partial charge in [-0.3, -0.25) is 0 Å². The number of nitrogens with one attached hydrogen (secondary N) is 1. The molecule has 2 unspecified atom stereocenters. The van der Waals surface area contributed by atoms with Gasteiger partial charge in [0.05, 0.1) is 0 Å². The summed E-state index contributed by atoms with van der Waals surface area (Å²) in [5.74, 6) is 0.143. The van der Waals surface area contributed by atoms with Crippen LogP contribution in [0, 0.1) is 24.6 Å². The van der Waals surface area contributed by atoms with Crippen molar-refractivity contribution in [3.05, 3.63) is 23.5 Å². The van der Waals surface area contributed by atoms with Crippen LogP contribution in [-0.4, -0.2) is 15.0 Å². The lowest BCUT2D eigenvalue weighted by molar-refractivity contribution is 0.552. The van der Waals surface area contributed by atoms with Crippen molar-refractivity contribution in [3.8, 4) is 0 Å². The van der Waals surface area contributed by atoms with Gasteiger partial charge in [0, 0.05) is 12.2 Å². The summed E-state index contributed by atoms with van der Waals surface area (Å²) < 4.78 is 40.0. The Morgan fingerprint density at radius 3 is 2.67 bits per heavy atom. The van der Waals surface area contributed by atoms with Gasteiger partial charge in [0.15, 0.2) is 0 Å². The Hall–Kier alpha value is -1.14. The second-order valence-electron chi connectivity index (χ2n) is 4.96. The molecule has 1 aromatic carbocycles. The van der Waals surface area contributed by atoms with E-state index in [0.717, 1.165) is 12.5 Å². The number of hydrogen-bond donors (Lipinski definition) is 2. The van der Waals surface area contributed by atoms with E-state index < -0.39 is 15.8 Å². The third-order valence-corrected chi connectivity index (χ3v) is 4.86. The van der Waals surface area contributed by atoms with Crippen LogP contribution >= 0.6 is 0 Å². The molecule has 0 radical (unpaired) electrons. The second-order valence-corrected chi connectivity index (χ2v) is 6.70.